The molecule has 3 N–H and O–H groups in total. The lowest BCUT2D eigenvalue weighted by Crippen LogP contribution is -2.35. The monoisotopic (exact) mass is 378 g/mol. The minimum atomic E-state index is 0.286. The SMILES string of the molecule is COCc1nc(C2CC(N)C2)cc(N(C)Cc2cc(-c3ccccc3)n[nH]2)n1. The van der Waals surface area contributed by atoms with Gasteiger partial charge in [-0.1, -0.05) is 30.3 Å². The van der Waals surface area contributed by atoms with Crippen LogP contribution in [-0.4, -0.2) is 40.4 Å². The summed E-state index contributed by atoms with van der Waals surface area (Å²) < 4.78 is 5.26. The summed E-state index contributed by atoms with van der Waals surface area (Å²) in [6.07, 6.45) is 1.96. The number of nitrogens with zero attached hydrogens (tertiary/aromatic N) is 4. The van der Waals surface area contributed by atoms with Crippen molar-refractivity contribution in [3.8, 4) is 11.3 Å². The maximum absolute atomic E-state index is 5.96. The van der Waals surface area contributed by atoms with Gasteiger partial charge in [-0.05, 0) is 18.9 Å². The molecule has 1 aromatic carbocycles. The van der Waals surface area contributed by atoms with E-state index >= 15 is 0 Å². The highest BCUT2D eigenvalue weighted by atomic mass is 16.5. The molecule has 0 atom stereocenters. The smallest absolute Gasteiger partial charge is 0.156 e. The number of rotatable bonds is 7. The van der Waals surface area contributed by atoms with Crippen LogP contribution in [0.5, 0.6) is 0 Å². The van der Waals surface area contributed by atoms with Gasteiger partial charge in [-0.25, -0.2) is 9.97 Å². The summed E-state index contributed by atoms with van der Waals surface area (Å²) in [6.45, 7) is 1.07. The van der Waals surface area contributed by atoms with Gasteiger partial charge in [0.1, 0.15) is 12.4 Å². The van der Waals surface area contributed by atoms with E-state index in [1.165, 1.54) is 0 Å². The third-order valence-corrected chi connectivity index (χ3v) is 5.14. The van der Waals surface area contributed by atoms with Crippen LogP contribution in [0.4, 0.5) is 5.82 Å². The van der Waals surface area contributed by atoms with Gasteiger partial charge in [0, 0.05) is 43.4 Å². The van der Waals surface area contributed by atoms with Crippen LogP contribution in [-0.2, 0) is 17.9 Å². The second kappa shape index (κ2) is 8.08. The minimum Gasteiger partial charge on any atom is -0.377 e. The molecular formula is C21H26N6O. The Bertz CT molecular complexity index is 920. The third-order valence-electron chi connectivity index (χ3n) is 5.14. The van der Waals surface area contributed by atoms with E-state index in [9.17, 15) is 0 Å². The molecule has 0 spiro atoms. The Hall–Kier alpha value is -2.77. The first kappa shape index (κ1) is 18.6. The summed E-state index contributed by atoms with van der Waals surface area (Å²) in [5.41, 5.74) is 10.1. The number of aromatic nitrogens is 4. The third kappa shape index (κ3) is 4.05. The molecular weight excluding hydrogens is 352 g/mol. The lowest BCUT2D eigenvalue weighted by atomic mass is 9.78. The van der Waals surface area contributed by atoms with Gasteiger partial charge in [-0.3, -0.25) is 5.10 Å². The van der Waals surface area contributed by atoms with Crippen molar-refractivity contribution in [2.75, 3.05) is 19.1 Å². The lowest BCUT2D eigenvalue weighted by Gasteiger charge is -2.32. The zero-order valence-corrected chi connectivity index (χ0v) is 16.3. The zero-order chi connectivity index (χ0) is 19.5. The predicted molar refractivity (Wildman–Crippen MR) is 109 cm³/mol. The van der Waals surface area contributed by atoms with Crippen LogP contribution < -0.4 is 10.6 Å². The first-order valence-electron chi connectivity index (χ1n) is 9.55. The van der Waals surface area contributed by atoms with E-state index in [0.717, 1.165) is 41.3 Å². The first-order chi connectivity index (χ1) is 13.6. The average molecular weight is 378 g/mol. The fourth-order valence-electron chi connectivity index (χ4n) is 3.54. The average Bonchev–Trinajstić information content (AvgIpc) is 3.15. The molecule has 0 amide bonds. The summed E-state index contributed by atoms with van der Waals surface area (Å²) in [6, 6.07) is 14.6. The van der Waals surface area contributed by atoms with E-state index in [-0.39, 0.29) is 6.04 Å². The number of nitrogens with two attached hydrogens (primary N) is 1. The Labute approximate surface area is 165 Å². The van der Waals surface area contributed by atoms with Crippen LogP contribution in [0, 0.1) is 0 Å². The number of aromatic amines is 1. The maximum Gasteiger partial charge on any atom is 0.156 e. The Morgan fingerprint density at radius 1 is 1.18 bits per heavy atom. The molecule has 7 heteroatoms. The molecule has 0 saturated heterocycles. The van der Waals surface area contributed by atoms with Crippen molar-refractivity contribution >= 4 is 5.82 Å². The molecule has 7 nitrogen and oxygen atoms in total. The Morgan fingerprint density at radius 2 is 1.96 bits per heavy atom. The van der Waals surface area contributed by atoms with Gasteiger partial charge >= 0.3 is 0 Å². The summed E-state index contributed by atoms with van der Waals surface area (Å²) in [4.78, 5) is 11.4. The van der Waals surface area contributed by atoms with Crippen molar-refractivity contribution in [2.24, 2.45) is 5.73 Å². The van der Waals surface area contributed by atoms with Crippen LogP contribution in [0.2, 0.25) is 0 Å². The van der Waals surface area contributed by atoms with E-state index < -0.39 is 0 Å². The number of hydrogen-bond acceptors (Lipinski definition) is 6. The Morgan fingerprint density at radius 3 is 2.68 bits per heavy atom. The highest BCUT2D eigenvalue weighted by molar-refractivity contribution is 5.59. The molecule has 4 rings (SSSR count). The quantitative estimate of drug-likeness (QED) is 0.657. The maximum atomic E-state index is 5.96. The lowest BCUT2D eigenvalue weighted by molar-refractivity contribution is 0.177. The molecule has 2 aromatic heterocycles. The van der Waals surface area contributed by atoms with Gasteiger partial charge in [0.15, 0.2) is 5.82 Å². The highest BCUT2D eigenvalue weighted by Crippen LogP contribution is 2.35. The second-order valence-electron chi connectivity index (χ2n) is 7.43. The molecule has 0 aliphatic heterocycles. The fraction of sp³-hybridized carbons (Fsp3) is 0.381. The standard InChI is InChI=1S/C21H26N6O/c1-27(12-17-10-19(26-25-17)14-6-4-3-5-7-14)21-11-18(15-8-16(22)9-15)23-20(24-21)13-28-2/h3-7,10-11,15-16H,8-9,12-13,22H2,1-2H3,(H,25,26). The van der Waals surface area contributed by atoms with Crippen LogP contribution in [0.3, 0.4) is 0 Å². The van der Waals surface area contributed by atoms with Crippen LogP contribution in [0.25, 0.3) is 11.3 Å². The van der Waals surface area contributed by atoms with E-state index in [4.69, 9.17) is 10.5 Å². The topological polar surface area (TPSA) is 93.0 Å². The van der Waals surface area contributed by atoms with Gasteiger partial charge in [0.25, 0.3) is 0 Å². The van der Waals surface area contributed by atoms with Crippen LogP contribution in [0.1, 0.15) is 36.0 Å². The van der Waals surface area contributed by atoms with Crippen LogP contribution >= 0.6 is 0 Å². The summed E-state index contributed by atoms with van der Waals surface area (Å²) in [5.74, 6) is 2.00. The summed E-state index contributed by atoms with van der Waals surface area (Å²) in [7, 11) is 3.69. The van der Waals surface area contributed by atoms with Gasteiger partial charge in [0.2, 0.25) is 0 Å². The highest BCUT2D eigenvalue weighted by Gasteiger charge is 2.29. The number of ether oxygens (including phenoxy) is 1. The number of hydrogen-bond donors (Lipinski definition) is 2. The molecule has 1 saturated carbocycles. The summed E-state index contributed by atoms with van der Waals surface area (Å²) >= 11 is 0. The number of nitrogens with one attached hydrogen (secondary N) is 1. The van der Waals surface area contributed by atoms with E-state index in [0.29, 0.717) is 24.9 Å². The molecule has 3 aromatic rings. The molecule has 0 radical (unpaired) electrons. The van der Waals surface area contributed by atoms with Gasteiger partial charge in [-0.15, -0.1) is 0 Å². The van der Waals surface area contributed by atoms with Crippen molar-refractivity contribution in [3.05, 3.63) is 59.7 Å². The molecule has 0 bridgehead atoms. The molecule has 146 valence electrons. The van der Waals surface area contributed by atoms with Crippen molar-refractivity contribution in [1.29, 1.82) is 0 Å². The number of methoxy groups -OCH3 is 1. The summed E-state index contributed by atoms with van der Waals surface area (Å²) in [5, 5.41) is 7.57. The molecule has 28 heavy (non-hydrogen) atoms. The fourth-order valence-corrected chi connectivity index (χ4v) is 3.54. The minimum absolute atomic E-state index is 0.286. The number of benzene rings is 1. The Kier molecular flexibility index (Phi) is 5.36. The molecule has 1 aliphatic carbocycles. The first-order valence-corrected chi connectivity index (χ1v) is 9.55. The predicted octanol–water partition coefficient (Wildman–Crippen LogP) is 2.85. The van der Waals surface area contributed by atoms with E-state index in [1.807, 2.05) is 25.2 Å². The molecule has 1 fully saturated rings. The molecule has 1 aliphatic rings. The van der Waals surface area contributed by atoms with Crippen LogP contribution in [0.15, 0.2) is 42.5 Å². The largest absolute Gasteiger partial charge is 0.377 e. The van der Waals surface area contributed by atoms with Crippen molar-refractivity contribution in [2.45, 2.75) is 38.0 Å². The van der Waals surface area contributed by atoms with Crippen molar-refractivity contribution in [1.82, 2.24) is 20.2 Å². The molecule has 2 heterocycles. The van der Waals surface area contributed by atoms with Gasteiger partial charge in [-0.2, -0.15) is 5.10 Å². The number of anilines is 1. The van der Waals surface area contributed by atoms with Gasteiger partial charge in [0.05, 0.1) is 17.9 Å². The number of H-pyrrole nitrogens is 1. The van der Waals surface area contributed by atoms with Crippen molar-refractivity contribution < 1.29 is 4.74 Å². The Balaban J connectivity index is 1.52. The molecule has 0 unspecified atom stereocenters. The normalized spacial score (nSPS) is 18.7. The van der Waals surface area contributed by atoms with Crippen molar-refractivity contribution in [3.63, 3.8) is 0 Å². The van der Waals surface area contributed by atoms with E-state index in [1.54, 1.807) is 7.11 Å². The van der Waals surface area contributed by atoms with Gasteiger partial charge < -0.3 is 15.4 Å². The second-order valence-corrected chi connectivity index (χ2v) is 7.43. The van der Waals surface area contributed by atoms with E-state index in [2.05, 4.69) is 49.3 Å². The zero-order valence-electron chi connectivity index (χ0n) is 16.3.